The average molecular weight is 638 g/mol. The van der Waals surface area contributed by atoms with Gasteiger partial charge in [0, 0.05) is 57.1 Å². The normalized spacial score (nSPS) is 16.7. The molecule has 2 aromatic carbocycles. The molecule has 0 bridgehead atoms. The van der Waals surface area contributed by atoms with Gasteiger partial charge in [-0.25, -0.2) is 0 Å². The van der Waals surface area contributed by atoms with Gasteiger partial charge in [0.2, 0.25) is 0 Å². The highest BCUT2D eigenvalue weighted by Gasteiger charge is 2.31. The molecule has 244 valence electrons. The molecular formula is C35H38F3N3O5. The number of aromatic nitrogens is 1. The third kappa shape index (κ3) is 9.62. The fourth-order valence-electron chi connectivity index (χ4n) is 6.02. The number of alkyl halides is 3. The van der Waals surface area contributed by atoms with E-state index in [1.807, 2.05) is 24.3 Å². The fourth-order valence-corrected chi connectivity index (χ4v) is 6.02. The lowest BCUT2D eigenvalue weighted by molar-refractivity contribution is -0.274. The zero-order valence-electron chi connectivity index (χ0n) is 25.8. The first-order chi connectivity index (χ1) is 22.0. The zero-order chi connectivity index (χ0) is 32.7. The number of ketones is 2. The minimum Gasteiger partial charge on any atom is -0.490 e. The van der Waals surface area contributed by atoms with E-state index >= 15 is 0 Å². The summed E-state index contributed by atoms with van der Waals surface area (Å²) in [7, 11) is 0. The van der Waals surface area contributed by atoms with Crippen LogP contribution >= 0.6 is 0 Å². The SMILES string of the molecule is CC(=O)Cc1ccc(OC2CCN(C(=O)c3ccc(C(=O)CC4CCN(Cc5cccc(OC(F)(F)F)c5)CC4)cn3)CC2)cc1. The van der Waals surface area contributed by atoms with Crippen LogP contribution in [0.2, 0.25) is 0 Å². The quantitative estimate of drug-likeness (QED) is 0.229. The van der Waals surface area contributed by atoms with Crippen molar-refractivity contribution >= 4 is 17.5 Å². The van der Waals surface area contributed by atoms with Crippen molar-refractivity contribution in [1.82, 2.24) is 14.8 Å². The maximum Gasteiger partial charge on any atom is 0.573 e. The topological polar surface area (TPSA) is 89.0 Å². The molecule has 2 aliphatic rings. The van der Waals surface area contributed by atoms with Crippen molar-refractivity contribution in [3.05, 3.63) is 89.2 Å². The van der Waals surface area contributed by atoms with E-state index in [4.69, 9.17) is 4.74 Å². The number of likely N-dealkylation sites (tertiary alicyclic amines) is 2. The Kier molecular flexibility index (Phi) is 10.7. The fraction of sp³-hybridized carbons (Fsp3) is 0.429. The van der Waals surface area contributed by atoms with E-state index in [0.29, 0.717) is 56.6 Å². The van der Waals surface area contributed by atoms with Gasteiger partial charge >= 0.3 is 6.36 Å². The summed E-state index contributed by atoms with van der Waals surface area (Å²) >= 11 is 0. The van der Waals surface area contributed by atoms with Crippen molar-refractivity contribution in [2.75, 3.05) is 26.2 Å². The minimum atomic E-state index is -4.73. The van der Waals surface area contributed by atoms with Crippen LogP contribution in [0.3, 0.4) is 0 Å². The number of rotatable bonds is 11. The Morgan fingerprint density at radius 3 is 2.22 bits per heavy atom. The molecule has 0 unspecified atom stereocenters. The van der Waals surface area contributed by atoms with Gasteiger partial charge in [-0.15, -0.1) is 13.2 Å². The molecule has 3 heterocycles. The summed E-state index contributed by atoms with van der Waals surface area (Å²) in [5.74, 6) is 0.637. The van der Waals surface area contributed by atoms with Gasteiger partial charge in [0.15, 0.2) is 5.78 Å². The van der Waals surface area contributed by atoms with E-state index in [0.717, 1.165) is 42.8 Å². The van der Waals surface area contributed by atoms with Crippen LogP contribution in [0.1, 0.15) is 71.0 Å². The average Bonchev–Trinajstić information content (AvgIpc) is 3.02. The molecule has 3 aromatic rings. The van der Waals surface area contributed by atoms with Crippen LogP contribution in [-0.2, 0) is 17.8 Å². The molecule has 0 spiro atoms. The Balaban J connectivity index is 1.04. The molecule has 1 aromatic heterocycles. The van der Waals surface area contributed by atoms with Gasteiger partial charge in [0.25, 0.3) is 5.91 Å². The third-order valence-electron chi connectivity index (χ3n) is 8.43. The summed E-state index contributed by atoms with van der Waals surface area (Å²) in [6, 6.07) is 16.8. The molecule has 8 nitrogen and oxygen atoms in total. The maximum absolute atomic E-state index is 13.1. The van der Waals surface area contributed by atoms with E-state index in [1.165, 1.54) is 18.3 Å². The predicted octanol–water partition coefficient (Wildman–Crippen LogP) is 6.28. The molecule has 2 saturated heterocycles. The van der Waals surface area contributed by atoms with Crippen LogP contribution in [0.4, 0.5) is 13.2 Å². The number of hydrogen-bond acceptors (Lipinski definition) is 7. The van der Waals surface area contributed by atoms with E-state index in [1.54, 1.807) is 36.1 Å². The van der Waals surface area contributed by atoms with Crippen molar-refractivity contribution in [3.63, 3.8) is 0 Å². The van der Waals surface area contributed by atoms with Gasteiger partial charge in [0.05, 0.1) is 0 Å². The first kappa shape index (κ1) is 33.1. The third-order valence-corrected chi connectivity index (χ3v) is 8.43. The highest BCUT2D eigenvalue weighted by atomic mass is 19.4. The van der Waals surface area contributed by atoms with Crippen LogP contribution in [0.25, 0.3) is 0 Å². The summed E-state index contributed by atoms with van der Waals surface area (Å²) in [4.78, 5) is 45.6. The van der Waals surface area contributed by atoms with Gasteiger partial charge in [-0.2, -0.15) is 0 Å². The smallest absolute Gasteiger partial charge is 0.490 e. The summed E-state index contributed by atoms with van der Waals surface area (Å²) in [6.07, 6.45) is 0.517. The number of Topliss-reactive ketones (excluding diaryl/α,β-unsaturated/α-hetero) is 2. The lowest BCUT2D eigenvalue weighted by Gasteiger charge is -2.32. The second-order valence-electron chi connectivity index (χ2n) is 12.1. The molecule has 0 N–H and O–H groups in total. The van der Waals surface area contributed by atoms with Gasteiger partial charge in [-0.1, -0.05) is 24.3 Å². The Labute approximate surface area is 266 Å². The maximum atomic E-state index is 13.1. The monoisotopic (exact) mass is 637 g/mol. The van der Waals surface area contributed by atoms with Crippen LogP contribution in [-0.4, -0.2) is 70.9 Å². The van der Waals surface area contributed by atoms with Crippen molar-refractivity contribution in [1.29, 1.82) is 0 Å². The molecule has 0 radical (unpaired) electrons. The molecule has 1 amide bonds. The van der Waals surface area contributed by atoms with E-state index in [2.05, 4.69) is 14.6 Å². The standard InChI is InChI=1S/C35H38F3N3O5/c1-24(42)19-25-5-8-29(9-6-25)45-30-13-17-41(18-14-30)34(44)32-10-7-28(22-39-32)33(43)21-26-11-15-40(16-12-26)23-27-3-2-4-31(20-27)46-35(36,37)38/h2-10,20,22,26,30H,11-19,21,23H2,1H3. The van der Waals surface area contributed by atoms with E-state index < -0.39 is 6.36 Å². The van der Waals surface area contributed by atoms with E-state index in [9.17, 15) is 27.6 Å². The molecule has 2 aliphatic heterocycles. The number of halogens is 3. The molecule has 0 atom stereocenters. The van der Waals surface area contributed by atoms with Crippen molar-refractivity contribution < 1.29 is 37.0 Å². The molecule has 46 heavy (non-hydrogen) atoms. The largest absolute Gasteiger partial charge is 0.573 e. The number of nitrogens with zero attached hydrogens (tertiary/aromatic N) is 3. The summed E-state index contributed by atoms with van der Waals surface area (Å²) in [6.45, 7) is 4.64. The number of hydrogen-bond donors (Lipinski definition) is 0. The highest BCUT2D eigenvalue weighted by Crippen LogP contribution is 2.27. The van der Waals surface area contributed by atoms with Gasteiger partial charge in [-0.05, 0) is 86.3 Å². The van der Waals surface area contributed by atoms with Crippen molar-refractivity contribution in [3.8, 4) is 11.5 Å². The van der Waals surface area contributed by atoms with Crippen LogP contribution in [0, 0.1) is 5.92 Å². The van der Waals surface area contributed by atoms with Gasteiger partial charge in [-0.3, -0.25) is 24.3 Å². The molecular weight excluding hydrogens is 599 g/mol. The zero-order valence-corrected chi connectivity index (χ0v) is 25.8. The molecule has 0 aliphatic carbocycles. The first-order valence-electron chi connectivity index (χ1n) is 15.6. The minimum absolute atomic E-state index is 0.00779. The van der Waals surface area contributed by atoms with E-state index in [-0.39, 0.29) is 35.2 Å². The number of carbonyl (C=O) groups excluding carboxylic acids is 3. The Bertz CT molecular complexity index is 1500. The Morgan fingerprint density at radius 1 is 0.870 bits per heavy atom. The van der Waals surface area contributed by atoms with Crippen molar-refractivity contribution in [2.24, 2.45) is 5.92 Å². The molecule has 0 saturated carbocycles. The number of ether oxygens (including phenoxy) is 2. The van der Waals surface area contributed by atoms with Gasteiger partial charge in [0.1, 0.15) is 29.1 Å². The summed E-state index contributed by atoms with van der Waals surface area (Å²) in [5.41, 5.74) is 2.46. The van der Waals surface area contributed by atoms with Crippen LogP contribution in [0.15, 0.2) is 66.9 Å². The summed E-state index contributed by atoms with van der Waals surface area (Å²) < 4.78 is 47.7. The lowest BCUT2D eigenvalue weighted by Crippen LogP contribution is -2.42. The first-order valence-corrected chi connectivity index (χ1v) is 15.6. The number of pyridine rings is 1. The van der Waals surface area contributed by atoms with Gasteiger partial charge < -0.3 is 14.4 Å². The lowest BCUT2D eigenvalue weighted by atomic mass is 9.90. The predicted molar refractivity (Wildman–Crippen MR) is 165 cm³/mol. The van der Waals surface area contributed by atoms with Crippen LogP contribution < -0.4 is 9.47 Å². The molecule has 11 heteroatoms. The second-order valence-corrected chi connectivity index (χ2v) is 12.1. The Morgan fingerprint density at radius 2 is 1.59 bits per heavy atom. The Hall–Kier alpha value is -4.25. The number of piperidine rings is 2. The number of carbonyl (C=O) groups is 3. The molecule has 5 rings (SSSR count). The molecule has 2 fully saturated rings. The summed E-state index contributed by atoms with van der Waals surface area (Å²) in [5, 5.41) is 0. The second kappa shape index (κ2) is 14.9. The highest BCUT2D eigenvalue weighted by molar-refractivity contribution is 5.97. The van der Waals surface area contributed by atoms with Crippen LogP contribution in [0.5, 0.6) is 11.5 Å². The number of benzene rings is 2. The number of amides is 1. The van der Waals surface area contributed by atoms with Crippen molar-refractivity contribution in [2.45, 2.75) is 64.5 Å².